The zero-order chi connectivity index (χ0) is 23.4. The summed E-state index contributed by atoms with van der Waals surface area (Å²) < 4.78 is 13.0. The van der Waals surface area contributed by atoms with Crippen molar-refractivity contribution >= 4 is 27.8 Å². The van der Waals surface area contributed by atoms with Crippen molar-refractivity contribution in [1.29, 1.82) is 0 Å². The van der Waals surface area contributed by atoms with Gasteiger partial charge in [0.1, 0.15) is 11.3 Å². The molecule has 8 nitrogen and oxygen atoms in total. The van der Waals surface area contributed by atoms with E-state index >= 15 is 0 Å². The Kier molecular flexibility index (Phi) is 6.72. The number of nitrogens with one attached hydrogen (secondary N) is 1. The number of fused-ring (bicyclic) bond motifs is 2. The molecule has 0 aliphatic heterocycles. The highest BCUT2D eigenvalue weighted by molar-refractivity contribution is 5.86. The fourth-order valence-corrected chi connectivity index (χ4v) is 4.11. The highest BCUT2D eigenvalue weighted by Gasteiger charge is 2.18. The van der Waals surface area contributed by atoms with Crippen molar-refractivity contribution in [2.75, 3.05) is 20.3 Å². The Balaban J connectivity index is 1.28. The smallest absolute Gasteiger partial charge is 0.242 e. The molecule has 4 aromatic rings. The molecule has 0 aliphatic rings. The number of carbonyl (C=O) groups is 1. The first-order valence-electron chi connectivity index (χ1n) is 11.1. The maximum atomic E-state index is 12.4. The number of aromatic nitrogens is 4. The molecule has 1 amide bonds. The summed E-state index contributed by atoms with van der Waals surface area (Å²) in [4.78, 5) is 21.5. The number of aryl methyl sites for hydroxylation is 3. The molecule has 1 aromatic carbocycles. The number of hydrogen-bond donors (Lipinski definition) is 1. The molecular weight excluding hydrogens is 418 g/mol. The summed E-state index contributed by atoms with van der Waals surface area (Å²) in [6, 6.07) is 9.80. The van der Waals surface area contributed by atoms with Gasteiger partial charge >= 0.3 is 0 Å². The maximum absolute atomic E-state index is 12.4. The Labute approximate surface area is 192 Å². The van der Waals surface area contributed by atoms with Crippen LogP contribution in [0.4, 0.5) is 0 Å². The van der Waals surface area contributed by atoms with E-state index in [0.29, 0.717) is 38.3 Å². The largest absolute Gasteiger partial charge is 0.491 e. The molecule has 33 heavy (non-hydrogen) atoms. The van der Waals surface area contributed by atoms with E-state index in [0.717, 1.165) is 44.5 Å². The van der Waals surface area contributed by atoms with Gasteiger partial charge in [-0.3, -0.25) is 9.78 Å². The van der Waals surface area contributed by atoms with Crippen LogP contribution in [0.1, 0.15) is 29.7 Å². The minimum Gasteiger partial charge on any atom is -0.491 e. The van der Waals surface area contributed by atoms with Crippen LogP contribution in [0.3, 0.4) is 0 Å². The Morgan fingerprint density at radius 1 is 1.18 bits per heavy atom. The number of benzene rings is 1. The molecule has 0 spiro atoms. The van der Waals surface area contributed by atoms with Crippen LogP contribution in [-0.4, -0.2) is 45.9 Å². The van der Waals surface area contributed by atoms with Gasteiger partial charge in [0.2, 0.25) is 11.8 Å². The van der Waals surface area contributed by atoms with E-state index in [-0.39, 0.29) is 5.91 Å². The highest BCUT2D eigenvalue weighted by atomic mass is 16.5. The van der Waals surface area contributed by atoms with Gasteiger partial charge in [0.25, 0.3) is 0 Å². The molecule has 3 heterocycles. The third-order valence-corrected chi connectivity index (χ3v) is 5.81. The molecule has 1 N–H and O–H groups in total. The monoisotopic (exact) mass is 447 g/mol. The lowest BCUT2D eigenvalue weighted by molar-refractivity contribution is -0.121. The Morgan fingerprint density at radius 2 is 2.00 bits per heavy atom. The fraction of sp³-hybridized carbons (Fsp3) is 0.360. The van der Waals surface area contributed by atoms with Gasteiger partial charge in [0.15, 0.2) is 5.65 Å². The lowest BCUT2D eigenvalue weighted by Crippen LogP contribution is -2.26. The van der Waals surface area contributed by atoms with Crippen molar-refractivity contribution in [3.05, 3.63) is 53.3 Å². The molecule has 3 aromatic heterocycles. The molecule has 4 rings (SSSR count). The standard InChI is InChI=1S/C25H29N5O3/c1-16-19(17(2)28-24-22(16)25(32-4)29-30(24)3)11-12-21(31)26-14-7-15-33-20-10-5-8-18-9-6-13-27-23(18)20/h5-6,8-10,13H,7,11-12,14-15H2,1-4H3,(H,26,31). The highest BCUT2D eigenvalue weighted by Crippen LogP contribution is 2.30. The van der Waals surface area contributed by atoms with E-state index in [9.17, 15) is 4.79 Å². The van der Waals surface area contributed by atoms with Gasteiger partial charge in [-0.05, 0) is 49.9 Å². The van der Waals surface area contributed by atoms with Crippen LogP contribution in [-0.2, 0) is 18.3 Å². The summed E-state index contributed by atoms with van der Waals surface area (Å²) in [7, 11) is 3.46. The van der Waals surface area contributed by atoms with E-state index in [1.54, 1.807) is 18.0 Å². The molecule has 0 atom stereocenters. The van der Waals surface area contributed by atoms with Crippen molar-refractivity contribution in [3.8, 4) is 11.6 Å². The van der Waals surface area contributed by atoms with E-state index in [2.05, 4.69) is 20.4 Å². The summed E-state index contributed by atoms with van der Waals surface area (Å²) in [5.74, 6) is 1.34. The van der Waals surface area contributed by atoms with E-state index in [4.69, 9.17) is 9.47 Å². The molecule has 0 saturated carbocycles. The van der Waals surface area contributed by atoms with Gasteiger partial charge in [-0.2, -0.15) is 0 Å². The maximum Gasteiger partial charge on any atom is 0.242 e. The van der Waals surface area contributed by atoms with Crippen LogP contribution in [0.15, 0.2) is 36.5 Å². The topological polar surface area (TPSA) is 91.2 Å². The number of rotatable bonds is 9. The van der Waals surface area contributed by atoms with Crippen LogP contribution in [0, 0.1) is 13.8 Å². The van der Waals surface area contributed by atoms with E-state index < -0.39 is 0 Å². The van der Waals surface area contributed by atoms with Crippen molar-refractivity contribution in [3.63, 3.8) is 0 Å². The van der Waals surface area contributed by atoms with Crippen molar-refractivity contribution in [1.82, 2.24) is 25.1 Å². The molecule has 172 valence electrons. The first kappa shape index (κ1) is 22.5. The van der Waals surface area contributed by atoms with Crippen molar-refractivity contribution in [2.24, 2.45) is 7.05 Å². The number of para-hydroxylation sites is 1. The lowest BCUT2D eigenvalue weighted by Gasteiger charge is -2.12. The van der Waals surface area contributed by atoms with Gasteiger partial charge in [-0.1, -0.05) is 18.2 Å². The number of pyridine rings is 2. The second-order valence-corrected chi connectivity index (χ2v) is 8.02. The number of hydrogen-bond acceptors (Lipinski definition) is 6. The minimum absolute atomic E-state index is 0.0128. The Morgan fingerprint density at radius 3 is 2.82 bits per heavy atom. The Bertz CT molecular complexity index is 1290. The van der Waals surface area contributed by atoms with Crippen molar-refractivity contribution in [2.45, 2.75) is 33.1 Å². The number of methoxy groups -OCH3 is 1. The predicted octanol–water partition coefficient (Wildman–Crippen LogP) is 3.66. The predicted molar refractivity (Wildman–Crippen MR) is 128 cm³/mol. The summed E-state index contributed by atoms with van der Waals surface area (Å²) in [6.45, 7) is 5.07. The number of ether oxygens (including phenoxy) is 2. The number of carbonyl (C=O) groups excluding carboxylic acids is 1. The van der Waals surface area contributed by atoms with Gasteiger partial charge in [0, 0.05) is 37.3 Å². The third kappa shape index (κ3) is 4.74. The summed E-state index contributed by atoms with van der Waals surface area (Å²) in [5, 5.41) is 9.31. The molecule has 0 aliphatic carbocycles. The van der Waals surface area contributed by atoms with Crippen LogP contribution < -0.4 is 14.8 Å². The van der Waals surface area contributed by atoms with Gasteiger partial charge in [-0.15, -0.1) is 5.10 Å². The van der Waals surface area contributed by atoms with Crippen LogP contribution in [0.25, 0.3) is 21.9 Å². The zero-order valence-corrected chi connectivity index (χ0v) is 19.5. The molecule has 0 fully saturated rings. The fourth-order valence-electron chi connectivity index (χ4n) is 4.11. The summed E-state index contributed by atoms with van der Waals surface area (Å²) in [5.41, 5.74) is 4.68. The van der Waals surface area contributed by atoms with Crippen molar-refractivity contribution < 1.29 is 14.3 Å². The molecule has 0 saturated heterocycles. The normalized spacial score (nSPS) is 11.2. The second kappa shape index (κ2) is 9.85. The van der Waals surface area contributed by atoms with Crippen LogP contribution >= 0.6 is 0 Å². The first-order valence-corrected chi connectivity index (χ1v) is 11.1. The molecule has 8 heteroatoms. The quantitative estimate of drug-likeness (QED) is 0.394. The second-order valence-electron chi connectivity index (χ2n) is 8.02. The number of amides is 1. The summed E-state index contributed by atoms with van der Waals surface area (Å²) >= 11 is 0. The van der Waals surface area contributed by atoms with Gasteiger partial charge in [0.05, 0.1) is 19.1 Å². The van der Waals surface area contributed by atoms with Crippen LogP contribution in [0.2, 0.25) is 0 Å². The lowest BCUT2D eigenvalue weighted by atomic mass is 10.00. The zero-order valence-electron chi connectivity index (χ0n) is 19.5. The average Bonchev–Trinajstić information content (AvgIpc) is 3.14. The molecule has 0 bridgehead atoms. The molecule has 0 radical (unpaired) electrons. The number of nitrogens with zero attached hydrogens (tertiary/aromatic N) is 4. The third-order valence-electron chi connectivity index (χ3n) is 5.81. The van der Waals surface area contributed by atoms with Gasteiger partial charge < -0.3 is 14.8 Å². The summed E-state index contributed by atoms with van der Waals surface area (Å²) in [6.07, 6.45) is 3.48. The molecular formula is C25H29N5O3. The first-order chi connectivity index (χ1) is 16.0. The van der Waals surface area contributed by atoms with E-state index in [1.165, 1.54) is 0 Å². The average molecular weight is 448 g/mol. The molecule has 0 unspecified atom stereocenters. The Hall–Kier alpha value is -3.68. The minimum atomic E-state index is 0.0128. The SMILES string of the molecule is COc1nn(C)c2nc(C)c(CCC(=O)NCCCOc3cccc4cccnc34)c(C)c12. The van der Waals surface area contributed by atoms with Gasteiger partial charge in [-0.25, -0.2) is 9.67 Å². The van der Waals surface area contributed by atoms with Crippen LogP contribution in [0.5, 0.6) is 11.6 Å². The van der Waals surface area contributed by atoms with E-state index in [1.807, 2.05) is 51.2 Å².